The van der Waals surface area contributed by atoms with Gasteiger partial charge in [-0.15, -0.1) is 0 Å². The van der Waals surface area contributed by atoms with E-state index < -0.39 is 17.9 Å². The van der Waals surface area contributed by atoms with Crippen molar-refractivity contribution in [2.45, 2.75) is 129 Å². The van der Waals surface area contributed by atoms with Crippen LogP contribution in [0, 0.1) is 46.3 Å². The van der Waals surface area contributed by atoms with E-state index in [1.165, 1.54) is 44.9 Å². The molecule has 10 nitrogen and oxygen atoms in total. The number of nitrogens with two attached hydrogens (primary N) is 1. The summed E-state index contributed by atoms with van der Waals surface area (Å²) < 4.78 is 13.7. The normalized spacial score (nSPS) is 42.8. The van der Waals surface area contributed by atoms with E-state index in [2.05, 4.69) is 35.7 Å². The molecule has 0 amide bonds. The van der Waals surface area contributed by atoms with Gasteiger partial charge in [0, 0.05) is 12.8 Å². The van der Waals surface area contributed by atoms with Gasteiger partial charge in [0.15, 0.2) is 11.5 Å². The van der Waals surface area contributed by atoms with Crippen LogP contribution in [0.1, 0.15) is 111 Å². The summed E-state index contributed by atoms with van der Waals surface area (Å²) >= 11 is 6.02. The second-order valence-corrected chi connectivity index (χ2v) is 16.7. The summed E-state index contributed by atoms with van der Waals surface area (Å²) in [7, 11) is 0. The minimum absolute atomic E-state index is 0.00784. The molecule has 0 aromatic carbocycles. The van der Waals surface area contributed by atoms with Crippen molar-refractivity contribution in [3.63, 3.8) is 0 Å². The Morgan fingerprint density at radius 1 is 1.09 bits per heavy atom. The molecular weight excluding hydrogens is 606 g/mol. The van der Waals surface area contributed by atoms with Crippen molar-refractivity contribution in [1.29, 1.82) is 0 Å². The van der Waals surface area contributed by atoms with Gasteiger partial charge in [0.2, 0.25) is 5.28 Å². The maximum atomic E-state index is 13.0. The number of hydrogen-bond donors (Lipinski definition) is 3. The number of nitrogen functional groups attached to an aromatic ring is 1. The standard InChI is InChI=1S/C35H52ClN5O5/c1-19(23-8-9-24-22-7-6-20-15-21(42)11-13-33(20,2)25(22)12-14-34(23,24)3)5-10-28(44)45-17-35(4)26(43)16-27(46-35)41-18-38-29-30(37)39-32(36)40-31(29)41/h18-27,42-43H,5-17H2,1-4H3,(H2,37,39,40)/t19-,20-,21-,22+,23-,24+,25+,26+,27-,33+,34-,35-/m1/s1. The Balaban J connectivity index is 0.930. The average Bonchev–Trinajstić information content (AvgIpc) is 3.68. The Morgan fingerprint density at radius 3 is 2.65 bits per heavy atom. The van der Waals surface area contributed by atoms with Crippen molar-refractivity contribution < 1.29 is 24.5 Å². The summed E-state index contributed by atoms with van der Waals surface area (Å²) in [5, 5.41) is 21.3. The Labute approximate surface area is 277 Å². The fourth-order valence-corrected chi connectivity index (χ4v) is 11.5. The monoisotopic (exact) mass is 657 g/mol. The average molecular weight is 658 g/mol. The summed E-state index contributed by atoms with van der Waals surface area (Å²) in [6.45, 7) is 9.19. The van der Waals surface area contributed by atoms with Crippen molar-refractivity contribution in [3.8, 4) is 0 Å². The van der Waals surface area contributed by atoms with Crippen molar-refractivity contribution in [3.05, 3.63) is 11.6 Å². The van der Waals surface area contributed by atoms with E-state index in [4.69, 9.17) is 26.8 Å². The van der Waals surface area contributed by atoms with Crippen molar-refractivity contribution in [2.24, 2.45) is 46.3 Å². The summed E-state index contributed by atoms with van der Waals surface area (Å²) in [6, 6.07) is 0. The summed E-state index contributed by atoms with van der Waals surface area (Å²) in [5.41, 5.74) is 6.46. The summed E-state index contributed by atoms with van der Waals surface area (Å²) in [5.74, 6) is 4.06. The van der Waals surface area contributed by atoms with Crippen LogP contribution in [-0.4, -0.2) is 60.1 Å². The molecule has 4 aliphatic carbocycles. The number of esters is 1. The molecule has 12 atom stereocenters. The van der Waals surface area contributed by atoms with Gasteiger partial charge in [0.1, 0.15) is 24.0 Å². The smallest absolute Gasteiger partial charge is 0.305 e. The topological polar surface area (TPSA) is 146 Å². The predicted molar refractivity (Wildman–Crippen MR) is 174 cm³/mol. The molecule has 0 radical (unpaired) electrons. The van der Waals surface area contributed by atoms with Gasteiger partial charge in [-0.2, -0.15) is 9.97 Å². The van der Waals surface area contributed by atoms with Crippen LogP contribution in [0.4, 0.5) is 5.82 Å². The molecule has 0 spiro atoms. The zero-order chi connectivity index (χ0) is 32.6. The van der Waals surface area contributed by atoms with Crippen LogP contribution in [0.5, 0.6) is 0 Å². The van der Waals surface area contributed by atoms with Crippen LogP contribution in [0.25, 0.3) is 11.2 Å². The Kier molecular flexibility index (Phi) is 8.38. The van der Waals surface area contributed by atoms with Gasteiger partial charge >= 0.3 is 5.97 Å². The molecule has 2 aromatic heterocycles. The summed E-state index contributed by atoms with van der Waals surface area (Å²) in [6.07, 6.45) is 12.4. The molecule has 254 valence electrons. The number of ether oxygens (including phenoxy) is 2. The number of anilines is 1. The zero-order valence-corrected chi connectivity index (χ0v) is 28.6. The predicted octanol–water partition coefficient (Wildman–Crippen LogP) is 6.08. The van der Waals surface area contributed by atoms with Crippen molar-refractivity contribution >= 4 is 34.6 Å². The molecule has 11 heteroatoms. The highest BCUT2D eigenvalue weighted by Gasteiger charge is 2.60. The number of hydrogen-bond acceptors (Lipinski definition) is 9. The molecule has 1 saturated heterocycles. The van der Waals surface area contributed by atoms with E-state index in [0.29, 0.717) is 46.2 Å². The minimum atomic E-state index is -1.07. The highest BCUT2D eigenvalue weighted by molar-refractivity contribution is 6.28. The third kappa shape index (κ3) is 5.34. The second kappa shape index (κ2) is 11.8. The zero-order valence-electron chi connectivity index (χ0n) is 27.8. The second-order valence-electron chi connectivity index (χ2n) is 16.3. The number of aromatic nitrogens is 4. The van der Waals surface area contributed by atoms with Gasteiger partial charge in [0.05, 0.1) is 18.5 Å². The number of carbonyl (C=O) groups excluding carboxylic acids is 1. The molecule has 1 aliphatic heterocycles. The third-order valence-corrected chi connectivity index (χ3v) is 14.2. The largest absolute Gasteiger partial charge is 0.462 e. The maximum Gasteiger partial charge on any atom is 0.305 e. The van der Waals surface area contributed by atoms with Crippen molar-refractivity contribution in [1.82, 2.24) is 19.5 Å². The number of carbonyl (C=O) groups is 1. The molecule has 2 aromatic rings. The van der Waals surface area contributed by atoms with Gasteiger partial charge in [-0.3, -0.25) is 9.36 Å². The minimum Gasteiger partial charge on any atom is -0.462 e. The van der Waals surface area contributed by atoms with E-state index >= 15 is 0 Å². The fraction of sp³-hybridized carbons (Fsp3) is 0.829. The van der Waals surface area contributed by atoms with E-state index in [0.717, 1.165) is 37.0 Å². The van der Waals surface area contributed by atoms with E-state index in [-0.39, 0.29) is 36.2 Å². The molecule has 4 N–H and O–H groups in total. The lowest BCUT2D eigenvalue weighted by atomic mass is 9.44. The molecule has 5 aliphatic rings. The molecule has 3 heterocycles. The van der Waals surface area contributed by atoms with Crippen molar-refractivity contribution in [2.75, 3.05) is 12.3 Å². The van der Waals surface area contributed by atoms with E-state index in [1.807, 2.05) is 0 Å². The van der Waals surface area contributed by atoms with E-state index in [1.54, 1.807) is 17.8 Å². The van der Waals surface area contributed by atoms with Gasteiger partial charge in [0.25, 0.3) is 0 Å². The third-order valence-electron chi connectivity index (χ3n) is 14.0. The molecule has 46 heavy (non-hydrogen) atoms. The highest BCUT2D eigenvalue weighted by atomic mass is 35.5. The first-order valence-corrected chi connectivity index (χ1v) is 18.1. The van der Waals surface area contributed by atoms with Crippen LogP contribution in [-0.2, 0) is 14.3 Å². The molecule has 0 unspecified atom stereocenters. The molecule has 4 saturated carbocycles. The Hall–Kier alpha value is -2.01. The van der Waals surface area contributed by atoms with Gasteiger partial charge in [-0.05, 0) is 129 Å². The number of fused-ring (bicyclic) bond motifs is 6. The number of rotatable bonds is 7. The first-order valence-electron chi connectivity index (χ1n) is 17.7. The molecular formula is C35H52ClN5O5. The van der Waals surface area contributed by atoms with Gasteiger partial charge < -0.3 is 25.4 Å². The van der Waals surface area contributed by atoms with Crippen LogP contribution >= 0.6 is 11.6 Å². The lowest BCUT2D eigenvalue weighted by Gasteiger charge is -2.61. The van der Waals surface area contributed by atoms with E-state index in [9.17, 15) is 15.0 Å². The number of nitrogens with zero attached hydrogens (tertiary/aromatic N) is 4. The highest BCUT2D eigenvalue weighted by Crippen LogP contribution is 2.68. The van der Waals surface area contributed by atoms with Crippen LogP contribution in [0.3, 0.4) is 0 Å². The Morgan fingerprint density at radius 2 is 1.85 bits per heavy atom. The van der Waals surface area contributed by atoms with Gasteiger partial charge in [-0.1, -0.05) is 20.8 Å². The number of halogens is 1. The number of imidazole rings is 1. The molecule has 5 fully saturated rings. The number of aliphatic hydroxyl groups excluding tert-OH is 2. The van der Waals surface area contributed by atoms with Crippen LogP contribution < -0.4 is 5.73 Å². The number of aliphatic hydroxyl groups is 2. The lowest BCUT2D eigenvalue weighted by molar-refractivity contribution is -0.163. The maximum absolute atomic E-state index is 13.0. The quantitative estimate of drug-likeness (QED) is 0.238. The van der Waals surface area contributed by atoms with Gasteiger partial charge in [-0.25, -0.2) is 4.98 Å². The van der Waals surface area contributed by atoms with Crippen LogP contribution in [0.15, 0.2) is 6.33 Å². The molecule has 7 rings (SSSR count). The first kappa shape index (κ1) is 32.5. The van der Waals surface area contributed by atoms with Crippen LogP contribution in [0.2, 0.25) is 5.28 Å². The lowest BCUT2D eigenvalue weighted by Crippen LogP contribution is -2.54. The Bertz CT molecular complexity index is 1470. The fourth-order valence-electron chi connectivity index (χ4n) is 11.4. The summed E-state index contributed by atoms with van der Waals surface area (Å²) in [4.78, 5) is 25.5. The first-order chi connectivity index (χ1) is 21.8. The molecule has 0 bridgehead atoms. The SMILES string of the molecule is C[C@H](CCC(=O)OC[C@@]1(C)O[C@@H](n2cnc3c(N)nc(Cl)nc32)C[C@@H]1O)[C@H]1CC[C@H]2[C@@H]3CC[C@@H]4C[C@H](O)CC[C@]4(C)[C@H]3CC[C@]12C.